The lowest BCUT2D eigenvalue weighted by Gasteiger charge is -2.27. The van der Waals surface area contributed by atoms with E-state index in [4.69, 9.17) is 23.2 Å². The van der Waals surface area contributed by atoms with Gasteiger partial charge in [0.05, 0.1) is 21.3 Å². The highest BCUT2D eigenvalue weighted by molar-refractivity contribution is 6.42. The Balaban J connectivity index is 1.37. The molecule has 230 valence electrons. The number of anilines is 1. The molecule has 0 saturated heterocycles. The van der Waals surface area contributed by atoms with E-state index in [1.165, 1.54) is 55.5 Å². The molecule has 3 aromatic heterocycles. The predicted molar refractivity (Wildman–Crippen MR) is 187 cm³/mol. The van der Waals surface area contributed by atoms with E-state index in [1.54, 1.807) is 12.3 Å². The monoisotopic (exact) mass is 636 g/mol. The molecule has 0 saturated carbocycles. The Labute approximate surface area is 275 Å². The zero-order chi connectivity index (χ0) is 31.4. The van der Waals surface area contributed by atoms with Crippen LogP contribution in [0.2, 0.25) is 10.0 Å². The first-order chi connectivity index (χ1) is 21.9. The molecule has 6 nitrogen and oxygen atoms in total. The molecule has 0 aliphatic carbocycles. The average Bonchev–Trinajstić information content (AvgIpc) is 3.68. The van der Waals surface area contributed by atoms with Gasteiger partial charge in [-0.3, -0.25) is 10.1 Å². The van der Waals surface area contributed by atoms with E-state index >= 15 is 0 Å². The molecule has 0 atom stereocenters. The van der Waals surface area contributed by atoms with Crippen LogP contribution in [0.1, 0.15) is 70.4 Å². The topological polar surface area (TPSA) is 62.1 Å². The van der Waals surface area contributed by atoms with Crippen molar-refractivity contribution in [2.45, 2.75) is 64.7 Å². The fourth-order valence-corrected chi connectivity index (χ4v) is 6.51. The van der Waals surface area contributed by atoms with Gasteiger partial charge in [-0.05, 0) is 60.5 Å². The fourth-order valence-electron chi connectivity index (χ4n) is 6.21. The Morgan fingerprint density at radius 2 is 1.71 bits per heavy atom. The number of aromatic nitrogens is 5. The van der Waals surface area contributed by atoms with Crippen molar-refractivity contribution in [3.8, 4) is 22.8 Å². The van der Waals surface area contributed by atoms with Crippen LogP contribution in [0.25, 0.3) is 34.5 Å². The molecule has 1 N–H and O–H groups in total. The smallest absolute Gasteiger partial charge is 0.201 e. The molecular formula is C37H38Cl2N6. The number of allylic oxidation sites excluding steroid dienone is 3. The van der Waals surface area contributed by atoms with Crippen molar-refractivity contribution in [1.82, 2.24) is 24.8 Å². The number of unbranched alkanes of at least 4 members (excludes halogenated alkanes) is 5. The fraction of sp³-hybridized carbons (Fsp3) is 0.297. The number of rotatable bonds is 11. The highest BCUT2D eigenvalue weighted by Crippen LogP contribution is 2.47. The Morgan fingerprint density at radius 3 is 2.51 bits per heavy atom. The van der Waals surface area contributed by atoms with E-state index in [1.807, 2.05) is 47.0 Å². The average molecular weight is 638 g/mol. The van der Waals surface area contributed by atoms with Gasteiger partial charge in [0.25, 0.3) is 0 Å². The van der Waals surface area contributed by atoms with Crippen LogP contribution in [-0.4, -0.2) is 31.3 Å². The Bertz CT molecular complexity index is 1890. The largest absolute Gasteiger partial charge is 0.344 e. The molecule has 0 unspecified atom stereocenters. The SMILES string of the molecule is CCCCCCCCN1C(=CC=C=Cc2c(-c3ccc(Cl)c(Cl)c3)[nH]n3c(-c4ccccn4)nnc23)C(C)(C)c2ccccc21. The molecule has 6 rings (SSSR count). The van der Waals surface area contributed by atoms with Gasteiger partial charge in [-0.2, -0.15) is 0 Å². The molecule has 0 spiro atoms. The number of para-hydroxylation sites is 1. The summed E-state index contributed by atoms with van der Waals surface area (Å²) < 4.78 is 1.85. The lowest BCUT2D eigenvalue weighted by atomic mass is 9.84. The van der Waals surface area contributed by atoms with E-state index in [2.05, 4.69) is 82.0 Å². The summed E-state index contributed by atoms with van der Waals surface area (Å²) in [5.74, 6) is 0.619. The normalized spacial score (nSPS) is 14.6. The molecule has 0 radical (unpaired) electrons. The number of benzene rings is 2. The van der Waals surface area contributed by atoms with E-state index in [0.29, 0.717) is 21.5 Å². The van der Waals surface area contributed by atoms with E-state index < -0.39 is 0 Å². The first-order valence-corrected chi connectivity index (χ1v) is 16.5. The maximum absolute atomic E-state index is 6.43. The summed E-state index contributed by atoms with van der Waals surface area (Å²) in [5.41, 5.74) is 11.2. The highest BCUT2D eigenvalue weighted by Gasteiger charge is 2.39. The maximum Gasteiger partial charge on any atom is 0.201 e. The lowest BCUT2D eigenvalue weighted by molar-refractivity contribution is 0.591. The third-order valence-corrected chi connectivity index (χ3v) is 9.34. The van der Waals surface area contributed by atoms with Crippen molar-refractivity contribution in [1.29, 1.82) is 0 Å². The van der Waals surface area contributed by atoms with Crippen LogP contribution < -0.4 is 4.90 Å². The Morgan fingerprint density at radius 1 is 0.911 bits per heavy atom. The van der Waals surface area contributed by atoms with Crippen LogP contribution in [0.3, 0.4) is 0 Å². The molecule has 8 heteroatoms. The van der Waals surface area contributed by atoms with Crippen LogP contribution in [0.5, 0.6) is 0 Å². The number of hydrogen-bond donors (Lipinski definition) is 1. The van der Waals surface area contributed by atoms with Crippen molar-refractivity contribution in [3.05, 3.63) is 112 Å². The lowest BCUT2D eigenvalue weighted by Crippen LogP contribution is -2.27. The summed E-state index contributed by atoms with van der Waals surface area (Å²) in [7, 11) is 0. The molecule has 1 aliphatic heterocycles. The van der Waals surface area contributed by atoms with Gasteiger partial charge >= 0.3 is 0 Å². The van der Waals surface area contributed by atoms with Crippen molar-refractivity contribution in [2.75, 3.05) is 11.4 Å². The van der Waals surface area contributed by atoms with E-state index in [-0.39, 0.29) is 5.41 Å². The summed E-state index contributed by atoms with van der Waals surface area (Å²) >= 11 is 12.7. The third-order valence-electron chi connectivity index (χ3n) is 8.60. The van der Waals surface area contributed by atoms with Crippen LogP contribution in [-0.2, 0) is 5.41 Å². The van der Waals surface area contributed by atoms with Crippen LogP contribution in [0.4, 0.5) is 5.69 Å². The number of pyridine rings is 1. The summed E-state index contributed by atoms with van der Waals surface area (Å²) in [6, 6.07) is 20.1. The van der Waals surface area contributed by atoms with Gasteiger partial charge in [-0.15, -0.1) is 15.9 Å². The van der Waals surface area contributed by atoms with Gasteiger partial charge in [-0.1, -0.05) is 106 Å². The first-order valence-electron chi connectivity index (χ1n) is 15.7. The van der Waals surface area contributed by atoms with Gasteiger partial charge in [0.1, 0.15) is 5.69 Å². The van der Waals surface area contributed by atoms with E-state index in [9.17, 15) is 0 Å². The second kappa shape index (κ2) is 13.5. The zero-order valence-corrected chi connectivity index (χ0v) is 27.5. The number of nitrogens with zero attached hydrogens (tertiary/aromatic N) is 5. The van der Waals surface area contributed by atoms with Crippen LogP contribution in [0, 0.1) is 0 Å². The minimum Gasteiger partial charge on any atom is -0.344 e. The number of nitrogens with one attached hydrogen (secondary N) is 1. The Kier molecular flexibility index (Phi) is 9.27. The van der Waals surface area contributed by atoms with Crippen molar-refractivity contribution < 1.29 is 0 Å². The third kappa shape index (κ3) is 6.24. The molecule has 1 aliphatic rings. The highest BCUT2D eigenvalue weighted by atomic mass is 35.5. The second-order valence-electron chi connectivity index (χ2n) is 12.0. The number of hydrogen-bond acceptors (Lipinski definition) is 4. The number of halogens is 2. The number of H-pyrrole nitrogens is 1. The molecule has 4 heterocycles. The summed E-state index contributed by atoms with van der Waals surface area (Å²) in [5, 5.41) is 13.4. The molecule has 5 aromatic rings. The van der Waals surface area contributed by atoms with Crippen molar-refractivity contribution in [2.24, 2.45) is 0 Å². The number of aromatic amines is 1. The molecule has 2 aromatic carbocycles. The molecule has 45 heavy (non-hydrogen) atoms. The summed E-state index contributed by atoms with van der Waals surface area (Å²) in [6.07, 6.45) is 15.5. The van der Waals surface area contributed by atoms with Gasteiger partial charge in [-0.25, -0.2) is 4.52 Å². The van der Waals surface area contributed by atoms with Crippen molar-refractivity contribution in [3.63, 3.8) is 0 Å². The molecular weight excluding hydrogens is 599 g/mol. The minimum atomic E-state index is -0.117. The van der Waals surface area contributed by atoms with E-state index in [0.717, 1.165) is 29.1 Å². The standard InChI is InChI=1S/C37H38Cl2N6/c1-4-5-6-7-8-15-24-44-32-19-11-10-17-28(32)37(2,3)33(44)20-12-9-16-27-34(26-21-22-29(38)30(39)25-26)43-45-35(27)41-42-36(45)31-18-13-14-23-40-31/h10-14,16-23,25,43H,4-8,15,24H2,1-3H3. The molecule has 0 amide bonds. The van der Waals surface area contributed by atoms with Gasteiger partial charge in [0.2, 0.25) is 5.82 Å². The maximum atomic E-state index is 6.43. The second-order valence-corrected chi connectivity index (χ2v) is 12.8. The van der Waals surface area contributed by atoms with Crippen LogP contribution in [0.15, 0.2) is 90.4 Å². The molecule has 0 bridgehead atoms. The minimum absolute atomic E-state index is 0.117. The summed E-state index contributed by atoms with van der Waals surface area (Å²) in [4.78, 5) is 6.98. The quantitative estimate of drug-likeness (QED) is 0.116. The molecule has 0 fully saturated rings. The first kappa shape index (κ1) is 30.9. The zero-order valence-electron chi connectivity index (χ0n) is 26.0. The predicted octanol–water partition coefficient (Wildman–Crippen LogP) is 10.3. The van der Waals surface area contributed by atoms with Crippen LogP contribution >= 0.6 is 23.2 Å². The van der Waals surface area contributed by atoms with Gasteiger partial charge in [0.15, 0.2) is 5.65 Å². The summed E-state index contributed by atoms with van der Waals surface area (Å²) in [6.45, 7) is 7.89. The Hall–Kier alpha value is -4.09. The van der Waals surface area contributed by atoms with Gasteiger partial charge in [0, 0.05) is 35.1 Å². The number of fused-ring (bicyclic) bond motifs is 2. The van der Waals surface area contributed by atoms with Gasteiger partial charge < -0.3 is 4.90 Å². The van der Waals surface area contributed by atoms with Crippen molar-refractivity contribution >= 4 is 40.6 Å².